The summed E-state index contributed by atoms with van der Waals surface area (Å²) in [6.07, 6.45) is 0.865. The van der Waals surface area contributed by atoms with Gasteiger partial charge in [0.15, 0.2) is 0 Å². The molecule has 1 aromatic rings. The van der Waals surface area contributed by atoms with E-state index in [2.05, 4.69) is 38.2 Å². The number of esters is 1. The Morgan fingerprint density at radius 1 is 1.27 bits per heavy atom. The molecule has 0 radical (unpaired) electrons. The third-order valence-corrected chi connectivity index (χ3v) is 4.61. The summed E-state index contributed by atoms with van der Waals surface area (Å²) < 4.78 is 10.5. The molecule has 0 spiro atoms. The Kier molecular flexibility index (Phi) is 7.03. The quantitative estimate of drug-likeness (QED) is 0.594. The predicted molar refractivity (Wildman–Crippen MR) is 100 cm³/mol. The van der Waals surface area contributed by atoms with Crippen molar-refractivity contribution in [1.82, 2.24) is 10.2 Å². The van der Waals surface area contributed by atoms with Gasteiger partial charge in [0.2, 0.25) is 5.91 Å². The molecule has 6 heteroatoms. The average molecular weight is 362 g/mol. The molecule has 2 rings (SSSR count). The van der Waals surface area contributed by atoms with Crippen LogP contribution >= 0.6 is 0 Å². The van der Waals surface area contributed by atoms with Gasteiger partial charge in [-0.25, -0.2) is 0 Å². The summed E-state index contributed by atoms with van der Waals surface area (Å²) >= 11 is 0. The number of benzene rings is 1. The lowest BCUT2D eigenvalue weighted by Crippen LogP contribution is -2.56. The van der Waals surface area contributed by atoms with E-state index in [1.54, 1.807) is 0 Å². The number of rotatable bonds is 7. The first kappa shape index (κ1) is 20.2. The molecule has 0 aliphatic carbocycles. The van der Waals surface area contributed by atoms with Gasteiger partial charge in [-0.2, -0.15) is 0 Å². The van der Waals surface area contributed by atoms with Gasteiger partial charge in [0, 0.05) is 19.6 Å². The van der Waals surface area contributed by atoms with Crippen molar-refractivity contribution in [2.45, 2.75) is 45.1 Å². The van der Waals surface area contributed by atoms with E-state index in [0.29, 0.717) is 19.7 Å². The van der Waals surface area contributed by atoms with Gasteiger partial charge in [0.05, 0.1) is 26.2 Å². The van der Waals surface area contributed by atoms with Crippen LogP contribution in [0, 0.1) is 0 Å². The van der Waals surface area contributed by atoms with Gasteiger partial charge in [-0.3, -0.25) is 14.5 Å². The smallest absolute Gasteiger partial charge is 0.307 e. The van der Waals surface area contributed by atoms with Crippen LogP contribution in [-0.4, -0.2) is 56.2 Å². The second-order valence-corrected chi connectivity index (χ2v) is 7.60. The number of hydrogen-bond donors (Lipinski definition) is 1. The minimum Gasteiger partial charge on any atom is -0.494 e. The molecule has 0 bridgehead atoms. The number of ether oxygens (including phenoxy) is 2. The zero-order valence-corrected chi connectivity index (χ0v) is 16.2. The highest BCUT2D eigenvalue weighted by molar-refractivity contribution is 5.87. The van der Waals surface area contributed by atoms with Crippen LogP contribution in [0.2, 0.25) is 0 Å². The fourth-order valence-electron chi connectivity index (χ4n) is 3.00. The van der Waals surface area contributed by atoms with E-state index in [0.717, 1.165) is 18.7 Å². The molecular formula is C20H30N2O4. The van der Waals surface area contributed by atoms with Crippen molar-refractivity contribution in [3.05, 3.63) is 29.8 Å². The monoisotopic (exact) mass is 362 g/mol. The zero-order valence-electron chi connectivity index (χ0n) is 16.2. The summed E-state index contributed by atoms with van der Waals surface area (Å²) in [6, 6.07) is 7.72. The lowest BCUT2D eigenvalue weighted by Gasteiger charge is -2.34. The van der Waals surface area contributed by atoms with Gasteiger partial charge in [-0.05, 0) is 29.5 Å². The Morgan fingerprint density at radius 3 is 2.58 bits per heavy atom. The largest absolute Gasteiger partial charge is 0.494 e. The summed E-state index contributed by atoms with van der Waals surface area (Å²) in [5.41, 5.74) is 1.40. The van der Waals surface area contributed by atoms with Gasteiger partial charge in [-0.15, -0.1) is 0 Å². The second-order valence-electron chi connectivity index (χ2n) is 7.60. The number of piperazine rings is 1. The normalized spacial score (nSPS) is 18.3. The molecule has 1 N–H and O–H groups in total. The maximum Gasteiger partial charge on any atom is 0.307 e. The molecule has 6 nitrogen and oxygen atoms in total. The SMILES string of the molecule is COC(=O)C[C@H]1C(=O)NCCN1CCCOc1ccc(C(C)(C)C)cc1. The molecule has 1 saturated heterocycles. The first-order valence-corrected chi connectivity index (χ1v) is 9.13. The number of hydrogen-bond acceptors (Lipinski definition) is 5. The number of nitrogens with zero attached hydrogens (tertiary/aromatic N) is 1. The van der Waals surface area contributed by atoms with Gasteiger partial charge >= 0.3 is 5.97 Å². The van der Waals surface area contributed by atoms with E-state index in [1.807, 2.05) is 17.0 Å². The van der Waals surface area contributed by atoms with E-state index in [1.165, 1.54) is 12.7 Å². The highest BCUT2D eigenvalue weighted by atomic mass is 16.5. The van der Waals surface area contributed by atoms with Crippen LogP contribution in [0.25, 0.3) is 0 Å². The molecule has 1 aromatic carbocycles. The Balaban J connectivity index is 1.80. The van der Waals surface area contributed by atoms with Crippen LogP contribution in [0.3, 0.4) is 0 Å². The lowest BCUT2D eigenvalue weighted by atomic mass is 9.87. The van der Waals surface area contributed by atoms with Crippen LogP contribution in [0.15, 0.2) is 24.3 Å². The van der Waals surface area contributed by atoms with Crippen molar-refractivity contribution in [3.8, 4) is 5.75 Å². The third-order valence-electron chi connectivity index (χ3n) is 4.61. The number of methoxy groups -OCH3 is 1. The van der Waals surface area contributed by atoms with Crippen molar-refractivity contribution < 1.29 is 19.1 Å². The maximum absolute atomic E-state index is 12.0. The molecule has 1 aliphatic heterocycles. The summed E-state index contributed by atoms with van der Waals surface area (Å²) in [6.45, 7) is 9.15. The van der Waals surface area contributed by atoms with Crippen LogP contribution in [0.5, 0.6) is 5.75 Å². The number of carbonyl (C=O) groups is 2. The summed E-state index contributed by atoms with van der Waals surface area (Å²) in [7, 11) is 1.34. The Bertz CT molecular complexity index is 607. The molecule has 144 valence electrons. The van der Waals surface area contributed by atoms with Crippen molar-refractivity contribution >= 4 is 11.9 Å². The Labute approximate surface area is 155 Å². The van der Waals surface area contributed by atoms with Crippen LogP contribution in [0.4, 0.5) is 0 Å². The predicted octanol–water partition coefficient (Wildman–Crippen LogP) is 2.12. The second kappa shape index (κ2) is 9.03. The molecule has 1 amide bonds. The fraction of sp³-hybridized carbons (Fsp3) is 0.600. The summed E-state index contributed by atoms with van der Waals surface area (Å²) in [4.78, 5) is 25.6. The average Bonchev–Trinajstić information content (AvgIpc) is 2.60. The van der Waals surface area contributed by atoms with Crippen molar-refractivity contribution in [2.24, 2.45) is 0 Å². The van der Waals surface area contributed by atoms with Crippen molar-refractivity contribution in [3.63, 3.8) is 0 Å². The standard InChI is InChI=1S/C20H30N2O4/c1-20(2,3)15-6-8-16(9-7-15)26-13-5-11-22-12-10-21-19(24)17(22)14-18(23)25-4/h6-9,17H,5,10-14H2,1-4H3,(H,21,24)/t17-/m0/s1. The Hall–Kier alpha value is -2.08. The molecule has 1 fully saturated rings. The van der Waals surface area contributed by atoms with Crippen LogP contribution < -0.4 is 10.1 Å². The van der Waals surface area contributed by atoms with Gasteiger partial charge in [0.1, 0.15) is 5.75 Å². The maximum atomic E-state index is 12.0. The van der Waals surface area contributed by atoms with Gasteiger partial charge in [0.25, 0.3) is 0 Å². The van der Waals surface area contributed by atoms with E-state index >= 15 is 0 Å². The minimum absolute atomic E-state index is 0.0808. The van der Waals surface area contributed by atoms with Crippen LogP contribution in [0.1, 0.15) is 39.2 Å². The highest BCUT2D eigenvalue weighted by Gasteiger charge is 2.31. The third kappa shape index (κ3) is 5.73. The minimum atomic E-state index is -0.456. The highest BCUT2D eigenvalue weighted by Crippen LogP contribution is 2.24. The molecule has 1 aliphatic rings. The molecule has 26 heavy (non-hydrogen) atoms. The van der Waals surface area contributed by atoms with Gasteiger partial charge in [-0.1, -0.05) is 32.9 Å². The fourth-order valence-corrected chi connectivity index (χ4v) is 3.00. The first-order valence-electron chi connectivity index (χ1n) is 9.13. The molecule has 0 aromatic heterocycles. The van der Waals surface area contributed by atoms with Crippen molar-refractivity contribution in [1.29, 1.82) is 0 Å². The van der Waals surface area contributed by atoms with E-state index in [-0.39, 0.29) is 23.7 Å². The van der Waals surface area contributed by atoms with E-state index in [9.17, 15) is 9.59 Å². The van der Waals surface area contributed by atoms with E-state index in [4.69, 9.17) is 9.47 Å². The molecule has 1 heterocycles. The molecule has 0 unspecified atom stereocenters. The molecule has 0 saturated carbocycles. The number of nitrogens with one attached hydrogen (secondary N) is 1. The summed E-state index contributed by atoms with van der Waals surface area (Å²) in [5.74, 6) is 0.369. The molecule has 1 atom stereocenters. The zero-order chi connectivity index (χ0) is 19.2. The number of carbonyl (C=O) groups excluding carboxylic acids is 2. The first-order chi connectivity index (χ1) is 12.3. The Morgan fingerprint density at radius 2 is 1.96 bits per heavy atom. The lowest BCUT2D eigenvalue weighted by molar-refractivity contribution is -0.145. The topological polar surface area (TPSA) is 67.9 Å². The molecular weight excluding hydrogens is 332 g/mol. The van der Waals surface area contributed by atoms with Crippen LogP contribution in [-0.2, 0) is 19.7 Å². The van der Waals surface area contributed by atoms with Crippen molar-refractivity contribution in [2.75, 3.05) is 33.4 Å². The number of amides is 1. The van der Waals surface area contributed by atoms with E-state index < -0.39 is 6.04 Å². The summed E-state index contributed by atoms with van der Waals surface area (Å²) in [5, 5.41) is 2.81. The van der Waals surface area contributed by atoms with Gasteiger partial charge < -0.3 is 14.8 Å².